The minimum absolute atomic E-state index is 0.0109. The average molecular weight is 266 g/mol. The van der Waals surface area contributed by atoms with Crippen LogP contribution in [0.15, 0.2) is 12.2 Å². The van der Waals surface area contributed by atoms with Crippen LogP contribution >= 0.6 is 0 Å². The Morgan fingerprint density at radius 2 is 2.00 bits per heavy atom. The van der Waals surface area contributed by atoms with Gasteiger partial charge in [-0.05, 0) is 50.4 Å². The summed E-state index contributed by atoms with van der Waals surface area (Å²) in [7, 11) is 0. The predicted octanol–water partition coefficient (Wildman–Crippen LogP) is 2.59. The minimum Gasteiger partial charge on any atom is -0.466 e. The van der Waals surface area contributed by atoms with Crippen molar-refractivity contribution in [3.05, 3.63) is 12.2 Å². The molecule has 4 nitrogen and oxygen atoms in total. The summed E-state index contributed by atoms with van der Waals surface area (Å²) >= 11 is 0. The zero-order valence-corrected chi connectivity index (χ0v) is 11.6. The standard InChI is InChI=1S/C14H22O2.CO2/c1-3-11(14(15)16-4-2)9-13-8-10-5-6-12(13)7-10;2-1-3/h5-6,10-13H,3-4,7-9H2,1-2H3;. The molecule has 0 aromatic carbocycles. The fraction of sp³-hybridized carbons (Fsp3) is 0.733. The van der Waals surface area contributed by atoms with Crippen LogP contribution in [0.25, 0.3) is 0 Å². The summed E-state index contributed by atoms with van der Waals surface area (Å²) in [5.74, 6) is 2.40. The third kappa shape index (κ3) is 4.32. The molecule has 2 rings (SSSR count). The first kappa shape index (κ1) is 15.6. The number of esters is 1. The number of rotatable bonds is 5. The predicted molar refractivity (Wildman–Crippen MR) is 68.9 cm³/mol. The maximum atomic E-state index is 11.7. The van der Waals surface area contributed by atoms with E-state index < -0.39 is 0 Å². The van der Waals surface area contributed by atoms with E-state index >= 15 is 0 Å². The Hall–Kier alpha value is -1.41. The number of hydrogen-bond acceptors (Lipinski definition) is 4. The normalized spacial score (nSPS) is 28.2. The van der Waals surface area contributed by atoms with Gasteiger partial charge in [0.05, 0.1) is 12.5 Å². The molecule has 2 bridgehead atoms. The van der Waals surface area contributed by atoms with Gasteiger partial charge in [-0.1, -0.05) is 19.1 Å². The van der Waals surface area contributed by atoms with E-state index in [1.807, 2.05) is 6.92 Å². The van der Waals surface area contributed by atoms with Gasteiger partial charge in [-0.15, -0.1) is 0 Å². The van der Waals surface area contributed by atoms with Crippen LogP contribution in [0.2, 0.25) is 0 Å². The molecular weight excluding hydrogens is 244 g/mol. The topological polar surface area (TPSA) is 60.4 Å². The highest BCUT2D eigenvalue weighted by Crippen LogP contribution is 2.46. The molecule has 0 spiro atoms. The second-order valence-electron chi connectivity index (χ2n) is 5.22. The van der Waals surface area contributed by atoms with Gasteiger partial charge in [0.2, 0.25) is 0 Å². The van der Waals surface area contributed by atoms with Gasteiger partial charge in [-0.25, -0.2) is 0 Å². The van der Waals surface area contributed by atoms with Crippen molar-refractivity contribution in [3.8, 4) is 0 Å². The number of ether oxygens (including phenoxy) is 1. The van der Waals surface area contributed by atoms with Gasteiger partial charge in [0.25, 0.3) is 0 Å². The van der Waals surface area contributed by atoms with E-state index in [1.165, 1.54) is 12.8 Å². The van der Waals surface area contributed by atoms with E-state index in [9.17, 15) is 4.79 Å². The lowest BCUT2D eigenvalue weighted by atomic mass is 9.84. The summed E-state index contributed by atoms with van der Waals surface area (Å²) < 4.78 is 5.13. The largest absolute Gasteiger partial charge is 0.466 e. The Morgan fingerprint density at radius 1 is 1.32 bits per heavy atom. The van der Waals surface area contributed by atoms with Gasteiger partial charge in [-0.2, -0.15) is 9.59 Å². The summed E-state index contributed by atoms with van der Waals surface area (Å²) in [6.07, 6.45) is 9.52. The lowest BCUT2D eigenvalue weighted by molar-refractivity contribution is -0.191. The summed E-state index contributed by atoms with van der Waals surface area (Å²) in [4.78, 5) is 28.0. The smallest absolute Gasteiger partial charge is 0.373 e. The lowest BCUT2D eigenvalue weighted by Crippen LogP contribution is -2.22. The molecule has 1 saturated carbocycles. The molecule has 4 atom stereocenters. The van der Waals surface area contributed by atoms with Crippen LogP contribution < -0.4 is 0 Å². The van der Waals surface area contributed by atoms with Gasteiger partial charge < -0.3 is 4.74 Å². The van der Waals surface area contributed by atoms with Crippen LogP contribution in [0.1, 0.15) is 39.5 Å². The molecular formula is C15H22O4. The number of carbonyl (C=O) groups is 1. The molecule has 2 aliphatic carbocycles. The van der Waals surface area contributed by atoms with Crippen molar-refractivity contribution < 1.29 is 19.1 Å². The Labute approximate surface area is 114 Å². The quantitative estimate of drug-likeness (QED) is 0.567. The van der Waals surface area contributed by atoms with Crippen molar-refractivity contribution in [2.24, 2.45) is 23.7 Å². The van der Waals surface area contributed by atoms with Crippen LogP contribution in [0.4, 0.5) is 0 Å². The summed E-state index contributed by atoms with van der Waals surface area (Å²) in [6, 6.07) is 0. The van der Waals surface area contributed by atoms with Gasteiger partial charge in [0.1, 0.15) is 0 Å². The molecule has 0 radical (unpaired) electrons. The Balaban J connectivity index is 0.000000550. The summed E-state index contributed by atoms with van der Waals surface area (Å²) in [5, 5.41) is 0. The molecule has 0 aromatic heterocycles. The van der Waals surface area contributed by atoms with E-state index in [2.05, 4.69) is 19.1 Å². The van der Waals surface area contributed by atoms with Crippen LogP contribution in [-0.4, -0.2) is 18.7 Å². The molecule has 0 N–H and O–H groups in total. The second kappa shape index (κ2) is 7.90. The molecule has 0 heterocycles. The first-order valence-electron chi connectivity index (χ1n) is 7.00. The van der Waals surface area contributed by atoms with Crippen LogP contribution in [-0.2, 0) is 19.1 Å². The van der Waals surface area contributed by atoms with Gasteiger partial charge in [0, 0.05) is 0 Å². The molecule has 0 aliphatic heterocycles. The fourth-order valence-electron chi connectivity index (χ4n) is 3.22. The van der Waals surface area contributed by atoms with Gasteiger partial charge >= 0.3 is 12.1 Å². The first-order chi connectivity index (χ1) is 9.15. The van der Waals surface area contributed by atoms with Crippen LogP contribution in [0.3, 0.4) is 0 Å². The SMILES string of the molecule is CCOC(=O)C(CC)CC1CC2C=CC1C2.O=C=O. The number of allylic oxidation sites excluding steroid dienone is 2. The average Bonchev–Trinajstić information content (AvgIpc) is 2.99. The van der Waals surface area contributed by atoms with E-state index in [0.29, 0.717) is 6.61 Å². The molecule has 0 amide bonds. The zero-order chi connectivity index (χ0) is 14.3. The van der Waals surface area contributed by atoms with Crippen molar-refractivity contribution in [1.82, 2.24) is 0 Å². The number of hydrogen-bond donors (Lipinski definition) is 0. The van der Waals surface area contributed by atoms with Crippen molar-refractivity contribution >= 4 is 12.1 Å². The highest BCUT2D eigenvalue weighted by molar-refractivity contribution is 5.72. The molecule has 2 aliphatic rings. The Bertz CT molecular complexity index is 355. The molecule has 106 valence electrons. The van der Waals surface area contributed by atoms with E-state index in [4.69, 9.17) is 14.3 Å². The third-order valence-electron chi connectivity index (χ3n) is 4.12. The Kier molecular flexibility index (Phi) is 6.51. The second-order valence-corrected chi connectivity index (χ2v) is 5.22. The van der Waals surface area contributed by atoms with E-state index in [-0.39, 0.29) is 18.0 Å². The minimum atomic E-state index is 0.0109. The summed E-state index contributed by atoms with van der Waals surface area (Å²) in [6.45, 7) is 4.47. The molecule has 4 unspecified atom stereocenters. The first-order valence-corrected chi connectivity index (χ1v) is 7.00. The summed E-state index contributed by atoms with van der Waals surface area (Å²) in [5.41, 5.74) is 0. The highest BCUT2D eigenvalue weighted by atomic mass is 16.5. The van der Waals surface area contributed by atoms with Crippen LogP contribution in [0.5, 0.6) is 0 Å². The zero-order valence-electron chi connectivity index (χ0n) is 11.6. The van der Waals surface area contributed by atoms with Gasteiger partial charge in [0.15, 0.2) is 0 Å². The number of carbonyl (C=O) groups excluding carboxylic acids is 3. The highest BCUT2D eigenvalue weighted by Gasteiger charge is 2.37. The fourth-order valence-corrected chi connectivity index (χ4v) is 3.22. The monoisotopic (exact) mass is 266 g/mol. The van der Waals surface area contributed by atoms with E-state index in [1.54, 1.807) is 0 Å². The third-order valence-corrected chi connectivity index (χ3v) is 4.12. The van der Waals surface area contributed by atoms with Gasteiger partial charge in [-0.3, -0.25) is 4.79 Å². The van der Waals surface area contributed by atoms with Crippen molar-refractivity contribution in [2.75, 3.05) is 6.61 Å². The molecule has 1 fully saturated rings. The van der Waals surface area contributed by atoms with Crippen molar-refractivity contribution in [2.45, 2.75) is 39.5 Å². The maximum Gasteiger partial charge on any atom is 0.373 e. The van der Waals surface area contributed by atoms with Crippen molar-refractivity contribution in [1.29, 1.82) is 0 Å². The Morgan fingerprint density at radius 3 is 2.42 bits per heavy atom. The van der Waals surface area contributed by atoms with Crippen molar-refractivity contribution in [3.63, 3.8) is 0 Å². The van der Waals surface area contributed by atoms with Crippen LogP contribution in [0, 0.1) is 23.7 Å². The lowest BCUT2D eigenvalue weighted by Gasteiger charge is -2.22. The molecule has 4 heteroatoms. The number of fused-ring (bicyclic) bond motifs is 2. The molecule has 0 aromatic rings. The maximum absolute atomic E-state index is 11.7. The molecule has 0 saturated heterocycles. The molecule has 19 heavy (non-hydrogen) atoms. The van der Waals surface area contributed by atoms with E-state index in [0.717, 1.165) is 30.6 Å².